The molecule has 10 heteroatoms. The van der Waals surface area contributed by atoms with Crippen LogP contribution in [-0.2, 0) is 12.4 Å². The second-order valence-corrected chi connectivity index (χ2v) is 5.51. The Kier molecular flexibility index (Phi) is 5.41. The first-order valence-electron chi connectivity index (χ1n) is 6.86. The molecule has 0 saturated carbocycles. The van der Waals surface area contributed by atoms with E-state index in [1.807, 2.05) is 5.32 Å². The number of methoxy groups -OCH3 is 1. The summed E-state index contributed by atoms with van der Waals surface area (Å²) in [5.74, 6) is -0.677. The fourth-order valence-electron chi connectivity index (χ4n) is 2.04. The average Bonchev–Trinajstić information content (AvgIpc) is 2.52. The van der Waals surface area contributed by atoms with Gasteiger partial charge in [0.2, 0.25) is 0 Å². The molecule has 0 aromatic heterocycles. The Morgan fingerprint density at radius 1 is 0.962 bits per heavy atom. The predicted molar refractivity (Wildman–Crippen MR) is 82.4 cm³/mol. The molecule has 0 fully saturated rings. The Balaban J connectivity index is 2.39. The lowest BCUT2D eigenvalue weighted by Gasteiger charge is -2.15. The van der Waals surface area contributed by atoms with Gasteiger partial charge in [0, 0.05) is 11.3 Å². The number of carbonyl (C=O) groups is 1. The lowest BCUT2D eigenvalue weighted by Crippen LogP contribution is -2.16. The topological polar surface area (TPSA) is 38.3 Å². The average molecular weight is 398 g/mol. The summed E-state index contributed by atoms with van der Waals surface area (Å²) in [5.41, 5.74) is -3.78. The van der Waals surface area contributed by atoms with Gasteiger partial charge in [-0.05, 0) is 36.4 Å². The van der Waals surface area contributed by atoms with Gasteiger partial charge in [-0.25, -0.2) is 0 Å². The monoisotopic (exact) mass is 397 g/mol. The number of hydrogen-bond donors (Lipinski definition) is 1. The molecule has 0 heterocycles. The van der Waals surface area contributed by atoms with E-state index in [2.05, 4.69) is 0 Å². The van der Waals surface area contributed by atoms with E-state index >= 15 is 0 Å². The molecule has 0 saturated heterocycles. The maximum Gasteiger partial charge on any atom is 0.416 e. The van der Waals surface area contributed by atoms with Gasteiger partial charge < -0.3 is 10.1 Å². The molecule has 26 heavy (non-hydrogen) atoms. The van der Waals surface area contributed by atoms with E-state index in [0.29, 0.717) is 12.1 Å². The molecular formula is C16H10ClF6NO2. The summed E-state index contributed by atoms with van der Waals surface area (Å²) in [5, 5.41) is 2.07. The van der Waals surface area contributed by atoms with Crippen LogP contribution in [0.25, 0.3) is 0 Å². The lowest BCUT2D eigenvalue weighted by molar-refractivity contribution is -0.143. The minimum absolute atomic E-state index is 0.0279. The van der Waals surface area contributed by atoms with E-state index in [-0.39, 0.29) is 22.4 Å². The van der Waals surface area contributed by atoms with Gasteiger partial charge in [0.15, 0.2) is 0 Å². The minimum Gasteiger partial charge on any atom is -0.495 e. The Morgan fingerprint density at radius 3 is 1.92 bits per heavy atom. The number of nitrogens with one attached hydrogen (secondary N) is 1. The van der Waals surface area contributed by atoms with Crippen LogP contribution in [0.3, 0.4) is 0 Å². The van der Waals surface area contributed by atoms with Gasteiger partial charge >= 0.3 is 12.4 Å². The molecule has 3 nitrogen and oxygen atoms in total. The molecule has 1 N–H and O–H groups in total. The van der Waals surface area contributed by atoms with Crippen LogP contribution >= 0.6 is 11.6 Å². The van der Waals surface area contributed by atoms with Crippen molar-refractivity contribution in [3.63, 3.8) is 0 Å². The number of hydrogen-bond acceptors (Lipinski definition) is 2. The highest BCUT2D eigenvalue weighted by molar-refractivity contribution is 6.32. The molecule has 1 amide bonds. The zero-order valence-electron chi connectivity index (χ0n) is 12.9. The van der Waals surface area contributed by atoms with Crippen molar-refractivity contribution in [1.29, 1.82) is 0 Å². The number of halogens is 7. The minimum atomic E-state index is -5.01. The number of anilines is 1. The van der Waals surface area contributed by atoms with Crippen LogP contribution in [0, 0.1) is 0 Å². The smallest absolute Gasteiger partial charge is 0.416 e. The molecule has 0 bridgehead atoms. The third-order valence-electron chi connectivity index (χ3n) is 3.26. The van der Waals surface area contributed by atoms with Crippen molar-refractivity contribution in [1.82, 2.24) is 0 Å². The van der Waals surface area contributed by atoms with Crippen molar-refractivity contribution in [2.45, 2.75) is 12.4 Å². The summed E-state index contributed by atoms with van der Waals surface area (Å²) < 4.78 is 81.8. The van der Waals surface area contributed by atoms with Crippen molar-refractivity contribution in [2.75, 3.05) is 12.4 Å². The SMILES string of the molecule is COc1ccc(C(=O)Nc2cc(C(F)(F)F)cc(C(F)(F)F)c2)cc1Cl. The van der Waals surface area contributed by atoms with Crippen LogP contribution in [0.4, 0.5) is 32.0 Å². The predicted octanol–water partition coefficient (Wildman–Crippen LogP) is 5.64. The first-order chi connectivity index (χ1) is 11.9. The molecule has 0 aliphatic heterocycles. The summed E-state index contributed by atoms with van der Waals surface area (Å²) in [6.45, 7) is 0. The maximum atomic E-state index is 12.8. The zero-order valence-corrected chi connectivity index (χ0v) is 13.7. The summed E-state index contributed by atoms with van der Waals surface area (Å²) in [7, 11) is 1.34. The molecule has 0 aliphatic rings. The Bertz CT molecular complexity index is 800. The van der Waals surface area contributed by atoms with E-state index in [0.717, 1.165) is 0 Å². The van der Waals surface area contributed by atoms with Gasteiger partial charge in [0.05, 0.1) is 23.3 Å². The van der Waals surface area contributed by atoms with E-state index in [1.165, 1.54) is 25.3 Å². The van der Waals surface area contributed by atoms with Crippen LogP contribution in [0.2, 0.25) is 5.02 Å². The van der Waals surface area contributed by atoms with Crippen LogP contribution in [0.1, 0.15) is 21.5 Å². The van der Waals surface area contributed by atoms with Gasteiger partial charge in [-0.2, -0.15) is 26.3 Å². The maximum absolute atomic E-state index is 12.8. The first-order valence-corrected chi connectivity index (χ1v) is 7.24. The van der Waals surface area contributed by atoms with Crippen molar-refractivity contribution in [2.24, 2.45) is 0 Å². The van der Waals surface area contributed by atoms with Crippen molar-refractivity contribution in [3.05, 3.63) is 58.1 Å². The molecule has 0 aliphatic carbocycles. The number of carbonyl (C=O) groups excluding carboxylic acids is 1. The molecule has 0 radical (unpaired) electrons. The van der Waals surface area contributed by atoms with Gasteiger partial charge in [0.1, 0.15) is 5.75 Å². The quantitative estimate of drug-likeness (QED) is 0.681. The number of amides is 1. The second-order valence-electron chi connectivity index (χ2n) is 5.10. The van der Waals surface area contributed by atoms with Gasteiger partial charge in [-0.15, -0.1) is 0 Å². The molecular weight excluding hydrogens is 388 g/mol. The van der Waals surface area contributed by atoms with E-state index in [1.54, 1.807) is 0 Å². The Labute approximate surface area is 148 Å². The Hall–Kier alpha value is -2.42. The summed E-state index contributed by atoms with van der Waals surface area (Å²) in [4.78, 5) is 12.1. The number of rotatable bonds is 3. The second kappa shape index (κ2) is 7.06. The number of benzene rings is 2. The Morgan fingerprint density at radius 2 is 1.50 bits per heavy atom. The van der Waals surface area contributed by atoms with Crippen molar-refractivity contribution in [3.8, 4) is 5.75 Å². The summed E-state index contributed by atoms with van der Waals surface area (Å²) >= 11 is 5.84. The zero-order chi connectivity index (χ0) is 19.7. The van der Waals surface area contributed by atoms with E-state index in [9.17, 15) is 31.1 Å². The number of ether oxygens (including phenoxy) is 1. The highest BCUT2D eigenvalue weighted by Crippen LogP contribution is 2.37. The van der Waals surface area contributed by atoms with Crippen LogP contribution in [0.15, 0.2) is 36.4 Å². The van der Waals surface area contributed by atoms with Crippen LogP contribution in [-0.4, -0.2) is 13.0 Å². The van der Waals surface area contributed by atoms with Crippen molar-refractivity contribution < 1.29 is 35.9 Å². The third-order valence-corrected chi connectivity index (χ3v) is 3.55. The van der Waals surface area contributed by atoms with E-state index in [4.69, 9.17) is 16.3 Å². The van der Waals surface area contributed by atoms with Gasteiger partial charge in [0.25, 0.3) is 5.91 Å². The highest BCUT2D eigenvalue weighted by atomic mass is 35.5. The number of alkyl halides is 6. The van der Waals surface area contributed by atoms with Crippen molar-refractivity contribution >= 4 is 23.2 Å². The van der Waals surface area contributed by atoms with Gasteiger partial charge in [-0.3, -0.25) is 4.79 Å². The largest absolute Gasteiger partial charge is 0.495 e. The fourth-order valence-corrected chi connectivity index (χ4v) is 2.30. The summed E-state index contributed by atoms with van der Waals surface area (Å²) in [6, 6.07) is 4.58. The molecule has 0 spiro atoms. The molecule has 2 aromatic rings. The first kappa shape index (κ1) is 19.9. The van der Waals surface area contributed by atoms with Crippen LogP contribution in [0.5, 0.6) is 5.75 Å². The third kappa shape index (κ3) is 4.60. The summed E-state index contributed by atoms with van der Waals surface area (Å²) in [6.07, 6.45) is -10.0. The van der Waals surface area contributed by atoms with E-state index < -0.39 is 35.1 Å². The molecule has 140 valence electrons. The molecule has 2 rings (SSSR count). The lowest BCUT2D eigenvalue weighted by atomic mass is 10.1. The normalized spacial score (nSPS) is 12.0. The standard InChI is InChI=1S/C16H10ClF6NO2/c1-26-13-3-2-8(4-12(13)17)14(25)24-11-6-9(15(18,19)20)5-10(7-11)16(21,22)23/h2-7H,1H3,(H,24,25). The van der Waals surface area contributed by atoms with Gasteiger partial charge in [-0.1, -0.05) is 11.6 Å². The highest BCUT2D eigenvalue weighted by Gasteiger charge is 2.37. The fraction of sp³-hybridized carbons (Fsp3) is 0.188. The molecule has 0 unspecified atom stereocenters. The molecule has 0 atom stereocenters. The molecule has 2 aromatic carbocycles. The van der Waals surface area contributed by atoms with Crippen LogP contribution < -0.4 is 10.1 Å².